The van der Waals surface area contributed by atoms with Crippen molar-refractivity contribution in [2.24, 2.45) is 0 Å². The van der Waals surface area contributed by atoms with Crippen LogP contribution in [0, 0.1) is 0 Å². The number of aromatic carboxylic acids is 1. The molecule has 0 unspecified atom stereocenters. The van der Waals surface area contributed by atoms with E-state index in [0.717, 1.165) is 0 Å². The Morgan fingerprint density at radius 2 is 2.06 bits per heavy atom. The van der Waals surface area contributed by atoms with Crippen LogP contribution in [0.3, 0.4) is 0 Å². The highest BCUT2D eigenvalue weighted by Gasteiger charge is 2.08. The van der Waals surface area contributed by atoms with Crippen LogP contribution in [0.15, 0.2) is 18.2 Å². The van der Waals surface area contributed by atoms with E-state index in [2.05, 4.69) is 4.98 Å². The molecule has 0 aromatic carbocycles. The van der Waals surface area contributed by atoms with Crippen molar-refractivity contribution in [3.05, 3.63) is 29.6 Å². The molecule has 6 nitrogen and oxygen atoms in total. The predicted molar refractivity (Wildman–Crippen MR) is 55.2 cm³/mol. The van der Waals surface area contributed by atoms with Crippen LogP contribution in [0.5, 0.6) is 0 Å². The third-order valence-corrected chi connectivity index (χ3v) is 1.86. The molecule has 0 amide bonds. The second kappa shape index (κ2) is 5.22. The van der Waals surface area contributed by atoms with Gasteiger partial charge in [-0.3, -0.25) is 9.69 Å². The highest BCUT2D eigenvalue weighted by atomic mass is 16.4. The minimum absolute atomic E-state index is 0.0405. The van der Waals surface area contributed by atoms with Crippen molar-refractivity contribution in [1.82, 2.24) is 9.88 Å². The number of aromatic nitrogens is 1. The van der Waals surface area contributed by atoms with Crippen molar-refractivity contribution in [2.45, 2.75) is 6.54 Å². The average Bonchev–Trinajstić information content (AvgIpc) is 2.16. The second-order valence-electron chi connectivity index (χ2n) is 3.39. The van der Waals surface area contributed by atoms with E-state index in [9.17, 15) is 9.59 Å². The molecule has 0 saturated carbocycles. The molecule has 1 aromatic heterocycles. The maximum atomic E-state index is 10.6. The number of carboxylic acids is 2. The Morgan fingerprint density at radius 3 is 2.62 bits per heavy atom. The monoisotopic (exact) mass is 224 g/mol. The van der Waals surface area contributed by atoms with Crippen LogP contribution in [0.2, 0.25) is 0 Å². The maximum absolute atomic E-state index is 10.6. The zero-order valence-corrected chi connectivity index (χ0v) is 8.75. The van der Waals surface area contributed by atoms with Crippen molar-refractivity contribution >= 4 is 11.9 Å². The van der Waals surface area contributed by atoms with Crippen molar-refractivity contribution in [3.63, 3.8) is 0 Å². The van der Waals surface area contributed by atoms with E-state index < -0.39 is 11.9 Å². The number of pyridine rings is 1. The first-order valence-corrected chi connectivity index (χ1v) is 4.58. The molecule has 0 aliphatic rings. The van der Waals surface area contributed by atoms with Gasteiger partial charge in [0.1, 0.15) is 5.69 Å². The van der Waals surface area contributed by atoms with E-state index >= 15 is 0 Å². The fourth-order valence-corrected chi connectivity index (χ4v) is 1.25. The van der Waals surface area contributed by atoms with Crippen LogP contribution in [0.25, 0.3) is 0 Å². The highest BCUT2D eigenvalue weighted by Crippen LogP contribution is 2.02. The van der Waals surface area contributed by atoms with Crippen LogP contribution >= 0.6 is 0 Å². The standard InChI is InChI=1S/C10H12N2O4/c1-12(6-9(13)14)5-7-3-2-4-8(11-7)10(15)16/h2-4H,5-6H2,1H3,(H,13,14)(H,15,16). The summed E-state index contributed by atoms with van der Waals surface area (Å²) in [5, 5.41) is 17.3. The quantitative estimate of drug-likeness (QED) is 0.747. The summed E-state index contributed by atoms with van der Waals surface area (Å²) in [5.74, 6) is -2.03. The highest BCUT2D eigenvalue weighted by molar-refractivity contribution is 5.85. The van der Waals surface area contributed by atoms with Gasteiger partial charge in [0.05, 0.1) is 12.2 Å². The molecule has 0 spiro atoms. The van der Waals surface area contributed by atoms with Crippen LogP contribution in [0.4, 0.5) is 0 Å². The van der Waals surface area contributed by atoms with Gasteiger partial charge in [0, 0.05) is 6.54 Å². The SMILES string of the molecule is CN(CC(=O)O)Cc1cccc(C(=O)O)n1. The molecule has 0 fully saturated rings. The lowest BCUT2D eigenvalue weighted by Crippen LogP contribution is -2.25. The van der Waals surface area contributed by atoms with Crippen molar-refractivity contribution < 1.29 is 19.8 Å². The van der Waals surface area contributed by atoms with Crippen LogP contribution in [-0.4, -0.2) is 45.6 Å². The fourth-order valence-electron chi connectivity index (χ4n) is 1.25. The number of aliphatic carboxylic acids is 1. The van der Waals surface area contributed by atoms with Gasteiger partial charge >= 0.3 is 11.9 Å². The molecule has 16 heavy (non-hydrogen) atoms. The van der Waals surface area contributed by atoms with E-state index in [1.165, 1.54) is 11.0 Å². The molecule has 1 rings (SSSR count). The molecule has 0 aliphatic carbocycles. The number of carboxylic acid groups (broad SMARTS) is 2. The Hall–Kier alpha value is -1.95. The molecule has 0 radical (unpaired) electrons. The zero-order valence-electron chi connectivity index (χ0n) is 8.75. The molecule has 0 atom stereocenters. The molecule has 1 aromatic rings. The maximum Gasteiger partial charge on any atom is 0.354 e. The number of carbonyl (C=O) groups is 2. The van der Waals surface area contributed by atoms with Gasteiger partial charge in [0.2, 0.25) is 0 Å². The lowest BCUT2D eigenvalue weighted by Gasteiger charge is -2.13. The summed E-state index contributed by atoms with van der Waals surface area (Å²) >= 11 is 0. The molecule has 6 heteroatoms. The number of rotatable bonds is 5. The van der Waals surface area contributed by atoms with Crippen LogP contribution in [-0.2, 0) is 11.3 Å². The number of nitrogens with zero attached hydrogens (tertiary/aromatic N) is 2. The normalized spacial score (nSPS) is 10.4. The summed E-state index contributed by atoms with van der Waals surface area (Å²) in [7, 11) is 1.63. The Balaban J connectivity index is 2.70. The largest absolute Gasteiger partial charge is 0.480 e. The van der Waals surface area contributed by atoms with Gasteiger partial charge in [-0.05, 0) is 19.2 Å². The van der Waals surface area contributed by atoms with Gasteiger partial charge in [-0.25, -0.2) is 9.78 Å². The number of likely N-dealkylation sites (N-methyl/N-ethyl adjacent to an activating group) is 1. The van der Waals surface area contributed by atoms with Crippen molar-refractivity contribution in [1.29, 1.82) is 0 Å². The first-order valence-electron chi connectivity index (χ1n) is 4.58. The summed E-state index contributed by atoms with van der Waals surface area (Å²) in [6.07, 6.45) is 0. The van der Waals surface area contributed by atoms with Gasteiger partial charge in [-0.2, -0.15) is 0 Å². The summed E-state index contributed by atoms with van der Waals surface area (Å²) in [4.78, 5) is 26.5. The average molecular weight is 224 g/mol. The molecule has 1 heterocycles. The Kier molecular flexibility index (Phi) is 3.96. The Bertz CT molecular complexity index is 406. The van der Waals surface area contributed by atoms with Gasteiger partial charge in [0.25, 0.3) is 0 Å². The Morgan fingerprint density at radius 1 is 1.38 bits per heavy atom. The van der Waals surface area contributed by atoms with Crippen LogP contribution < -0.4 is 0 Å². The fraction of sp³-hybridized carbons (Fsp3) is 0.300. The van der Waals surface area contributed by atoms with E-state index in [-0.39, 0.29) is 12.2 Å². The molecular weight excluding hydrogens is 212 g/mol. The molecular formula is C10H12N2O4. The van der Waals surface area contributed by atoms with Gasteiger partial charge in [-0.15, -0.1) is 0 Å². The molecule has 0 bridgehead atoms. The summed E-state index contributed by atoms with van der Waals surface area (Å²) in [5.41, 5.74) is 0.491. The molecule has 86 valence electrons. The Labute approximate surface area is 92.1 Å². The lowest BCUT2D eigenvalue weighted by molar-refractivity contribution is -0.138. The lowest BCUT2D eigenvalue weighted by atomic mass is 10.3. The van der Waals surface area contributed by atoms with E-state index in [0.29, 0.717) is 12.2 Å². The smallest absolute Gasteiger partial charge is 0.354 e. The minimum atomic E-state index is -1.09. The van der Waals surface area contributed by atoms with Gasteiger partial charge in [0.15, 0.2) is 0 Å². The predicted octanol–water partition coefficient (Wildman–Crippen LogP) is 0.296. The van der Waals surface area contributed by atoms with Gasteiger partial charge < -0.3 is 10.2 Å². The topological polar surface area (TPSA) is 90.7 Å². The summed E-state index contributed by atoms with van der Waals surface area (Å²) in [6, 6.07) is 4.63. The van der Waals surface area contributed by atoms with Crippen molar-refractivity contribution in [3.8, 4) is 0 Å². The zero-order chi connectivity index (χ0) is 12.1. The number of hydrogen-bond donors (Lipinski definition) is 2. The molecule has 2 N–H and O–H groups in total. The first kappa shape index (κ1) is 12.1. The van der Waals surface area contributed by atoms with E-state index in [1.807, 2.05) is 0 Å². The first-order chi connectivity index (χ1) is 7.49. The molecule has 0 aliphatic heterocycles. The minimum Gasteiger partial charge on any atom is -0.480 e. The third-order valence-electron chi connectivity index (χ3n) is 1.86. The molecule has 0 saturated heterocycles. The van der Waals surface area contributed by atoms with Crippen LogP contribution in [0.1, 0.15) is 16.2 Å². The number of hydrogen-bond acceptors (Lipinski definition) is 4. The van der Waals surface area contributed by atoms with Gasteiger partial charge in [-0.1, -0.05) is 6.07 Å². The van der Waals surface area contributed by atoms with E-state index in [1.54, 1.807) is 19.2 Å². The van der Waals surface area contributed by atoms with E-state index in [4.69, 9.17) is 10.2 Å². The summed E-state index contributed by atoms with van der Waals surface area (Å²) in [6.45, 7) is 0.187. The van der Waals surface area contributed by atoms with Crippen molar-refractivity contribution in [2.75, 3.05) is 13.6 Å². The summed E-state index contributed by atoms with van der Waals surface area (Å²) < 4.78 is 0. The second-order valence-corrected chi connectivity index (χ2v) is 3.39. The third kappa shape index (κ3) is 3.66.